The second-order valence-corrected chi connectivity index (χ2v) is 8.28. The highest BCUT2D eigenvalue weighted by Crippen LogP contribution is 2.37. The minimum atomic E-state index is -0.729. The SMILES string of the molecule is Cc1noc2ncc(NC(=O)c3ccc(F)c(-c4ccccc4F)n3)c(N3CCC[C@H](N)C3)c12. The fourth-order valence-electron chi connectivity index (χ4n) is 4.27. The maximum absolute atomic E-state index is 14.4. The number of amides is 1. The van der Waals surface area contributed by atoms with Crippen LogP contribution in [0, 0.1) is 18.6 Å². The van der Waals surface area contributed by atoms with Gasteiger partial charge < -0.3 is 20.5 Å². The highest BCUT2D eigenvalue weighted by molar-refractivity contribution is 6.08. The number of rotatable bonds is 4. The van der Waals surface area contributed by atoms with E-state index in [-0.39, 0.29) is 23.0 Å². The number of nitrogens with one attached hydrogen (secondary N) is 1. The lowest BCUT2D eigenvalue weighted by atomic mass is 10.0. The molecule has 3 N–H and O–H groups in total. The molecule has 0 saturated carbocycles. The van der Waals surface area contributed by atoms with E-state index in [1.165, 1.54) is 30.5 Å². The van der Waals surface area contributed by atoms with Gasteiger partial charge in [-0.3, -0.25) is 4.79 Å². The van der Waals surface area contributed by atoms with Crippen molar-refractivity contribution in [3.8, 4) is 11.3 Å². The van der Waals surface area contributed by atoms with Gasteiger partial charge in [-0.05, 0) is 44.0 Å². The summed E-state index contributed by atoms with van der Waals surface area (Å²) in [5.74, 6) is -1.95. The molecule has 3 aromatic heterocycles. The summed E-state index contributed by atoms with van der Waals surface area (Å²) in [6.45, 7) is 3.14. The quantitative estimate of drug-likeness (QED) is 0.469. The molecule has 4 heterocycles. The first-order valence-corrected chi connectivity index (χ1v) is 10.9. The van der Waals surface area contributed by atoms with Crippen LogP contribution in [0.4, 0.5) is 20.2 Å². The van der Waals surface area contributed by atoms with E-state index >= 15 is 0 Å². The first-order valence-electron chi connectivity index (χ1n) is 10.9. The Morgan fingerprint density at radius 1 is 1.21 bits per heavy atom. The van der Waals surface area contributed by atoms with Gasteiger partial charge >= 0.3 is 0 Å². The summed E-state index contributed by atoms with van der Waals surface area (Å²) < 4.78 is 34.0. The van der Waals surface area contributed by atoms with Crippen LogP contribution in [0.15, 0.2) is 47.1 Å². The highest BCUT2D eigenvalue weighted by Gasteiger charge is 2.26. The van der Waals surface area contributed by atoms with E-state index in [1.807, 2.05) is 0 Å². The lowest BCUT2D eigenvalue weighted by molar-refractivity contribution is 0.102. The van der Waals surface area contributed by atoms with Crippen LogP contribution in [0.25, 0.3) is 22.4 Å². The number of aryl methyl sites for hydroxylation is 1. The average Bonchev–Trinajstić information content (AvgIpc) is 3.20. The topological polar surface area (TPSA) is 110 Å². The van der Waals surface area contributed by atoms with E-state index in [0.29, 0.717) is 34.7 Å². The Labute approximate surface area is 193 Å². The third-order valence-corrected chi connectivity index (χ3v) is 5.88. The number of anilines is 2. The number of hydrogen-bond acceptors (Lipinski definition) is 7. The van der Waals surface area contributed by atoms with Crippen molar-refractivity contribution in [3.05, 3.63) is 65.6 Å². The lowest BCUT2D eigenvalue weighted by Crippen LogP contribution is -2.43. The van der Waals surface area contributed by atoms with Gasteiger partial charge in [-0.1, -0.05) is 17.3 Å². The first kappa shape index (κ1) is 21.9. The summed E-state index contributed by atoms with van der Waals surface area (Å²) in [6.07, 6.45) is 3.29. The van der Waals surface area contributed by atoms with Crippen molar-refractivity contribution < 1.29 is 18.1 Å². The van der Waals surface area contributed by atoms with Gasteiger partial charge in [0.25, 0.3) is 11.6 Å². The van der Waals surface area contributed by atoms with Gasteiger partial charge in [-0.15, -0.1) is 0 Å². The molecule has 1 aromatic carbocycles. The van der Waals surface area contributed by atoms with Crippen molar-refractivity contribution in [2.24, 2.45) is 5.73 Å². The van der Waals surface area contributed by atoms with Gasteiger partial charge in [0.05, 0.1) is 28.7 Å². The van der Waals surface area contributed by atoms with E-state index in [4.69, 9.17) is 10.3 Å². The van der Waals surface area contributed by atoms with E-state index < -0.39 is 17.5 Å². The molecule has 0 unspecified atom stereocenters. The molecular formula is C24H22F2N6O2. The van der Waals surface area contributed by atoms with E-state index in [1.54, 1.807) is 13.0 Å². The molecule has 10 heteroatoms. The van der Waals surface area contributed by atoms with Gasteiger partial charge in [0.15, 0.2) is 0 Å². The minimum Gasteiger partial charge on any atom is -0.368 e. The molecule has 1 saturated heterocycles. The number of carbonyl (C=O) groups is 1. The molecule has 1 aliphatic rings. The number of aromatic nitrogens is 3. The fraction of sp³-hybridized carbons (Fsp3) is 0.250. The molecular weight excluding hydrogens is 442 g/mol. The summed E-state index contributed by atoms with van der Waals surface area (Å²) in [5.41, 5.74) is 7.99. The molecule has 0 aliphatic carbocycles. The van der Waals surface area contributed by atoms with Gasteiger partial charge in [0.1, 0.15) is 23.0 Å². The maximum Gasteiger partial charge on any atom is 0.274 e. The highest BCUT2D eigenvalue weighted by atomic mass is 19.1. The monoisotopic (exact) mass is 464 g/mol. The van der Waals surface area contributed by atoms with Crippen LogP contribution in [-0.2, 0) is 0 Å². The Morgan fingerprint density at radius 2 is 2.03 bits per heavy atom. The maximum atomic E-state index is 14.4. The zero-order valence-corrected chi connectivity index (χ0v) is 18.4. The Bertz CT molecular complexity index is 1390. The summed E-state index contributed by atoms with van der Waals surface area (Å²) in [5, 5.41) is 7.53. The fourth-order valence-corrected chi connectivity index (χ4v) is 4.27. The van der Waals surface area contributed by atoms with Gasteiger partial charge in [-0.25, -0.2) is 18.7 Å². The molecule has 1 amide bonds. The summed E-state index contributed by atoms with van der Waals surface area (Å²) >= 11 is 0. The van der Waals surface area contributed by atoms with E-state index in [0.717, 1.165) is 25.5 Å². The second-order valence-electron chi connectivity index (χ2n) is 8.28. The lowest BCUT2D eigenvalue weighted by Gasteiger charge is -2.34. The van der Waals surface area contributed by atoms with Crippen LogP contribution in [0.5, 0.6) is 0 Å². The Kier molecular flexibility index (Phi) is 5.66. The van der Waals surface area contributed by atoms with Crippen LogP contribution in [0.2, 0.25) is 0 Å². The Hall–Kier alpha value is -3.92. The van der Waals surface area contributed by atoms with Crippen molar-refractivity contribution in [2.75, 3.05) is 23.3 Å². The number of benzene rings is 1. The molecule has 4 aromatic rings. The molecule has 1 aliphatic heterocycles. The molecule has 8 nitrogen and oxygen atoms in total. The number of hydrogen-bond donors (Lipinski definition) is 2. The smallest absolute Gasteiger partial charge is 0.274 e. The zero-order chi connectivity index (χ0) is 23.8. The minimum absolute atomic E-state index is 0.0113. The molecule has 1 atom stereocenters. The van der Waals surface area contributed by atoms with Crippen molar-refractivity contribution in [1.29, 1.82) is 0 Å². The molecule has 0 bridgehead atoms. The number of nitrogens with two attached hydrogens (primary N) is 1. The largest absolute Gasteiger partial charge is 0.368 e. The van der Waals surface area contributed by atoms with Crippen LogP contribution < -0.4 is 16.0 Å². The van der Waals surface area contributed by atoms with Crippen LogP contribution in [-0.4, -0.2) is 40.2 Å². The third kappa shape index (κ3) is 3.96. The van der Waals surface area contributed by atoms with Crippen LogP contribution in [0.1, 0.15) is 29.0 Å². The number of pyridine rings is 2. The van der Waals surface area contributed by atoms with Crippen molar-refractivity contribution in [1.82, 2.24) is 15.1 Å². The van der Waals surface area contributed by atoms with Gasteiger partial charge in [0.2, 0.25) is 0 Å². The predicted octanol–water partition coefficient (Wildman–Crippen LogP) is 4.05. The summed E-state index contributed by atoms with van der Waals surface area (Å²) in [6, 6.07) is 8.03. The standard InChI is InChI=1S/C24H22F2N6O2/c1-13-20-22(32-10-4-5-14(27)12-32)19(11-28-24(20)34-31-13)30-23(33)18-9-8-17(26)21(29-18)15-6-2-3-7-16(15)25/h2-3,6-9,11,14H,4-5,10,12,27H2,1H3,(H,30,33)/t14-/m0/s1. The summed E-state index contributed by atoms with van der Waals surface area (Å²) in [4.78, 5) is 23.6. The Morgan fingerprint density at radius 3 is 2.82 bits per heavy atom. The summed E-state index contributed by atoms with van der Waals surface area (Å²) in [7, 11) is 0. The Balaban J connectivity index is 1.53. The first-order chi connectivity index (χ1) is 16.4. The van der Waals surface area contributed by atoms with Crippen LogP contribution in [0.3, 0.4) is 0 Å². The number of piperidine rings is 1. The number of nitrogens with zero attached hydrogens (tertiary/aromatic N) is 4. The normalized spacial score (nSPS) is 16.1. The molecule has 0 radical (unpaired) electrons. The predicted molar refractivity (Wildman–Crippen MR) is 124 cm³/mol. The van der Waals surface area contributed by atoms with Crippen LogP contribution >= 0.6 is 0 Å². The zero-order valence-electron chi connectivity index (χ0n) is 18.4. The molecule has 5 rings (SSSR count). The van der Waals surface area contributed by atoms with Crippen molar-refractivity contribution in [3.63, 3.8) is 0 Å². The number of halogens is 2. The molecule has 0 spiro atoms. The molecule has 1 fully saturated rings. The van der Waals surface area contributed by atoms with Gasteiger partial charge in [0, 0.05) is 24.7 Å². The second kappa shape index (κ2) is 8.79. The van der Waals surface area contributed by atoms with Gasteiger partial charge in [-0.2, -0.15) is 0 Å². The van der Waals surface area contributed by atoms with E-state index in [9.17, 15) is 13.6 Å². The molecule has 174 valence electrons. The number of fused-ring (bicyclic) bond motifs is 1. The third-order valence-electron chi connectivity index (χ3n) is 5.88. The van der Waals surface area contributed by atoms with E-state index in [2.05, 4.69) is 25.3 Å². The number of carbonyl (C=O) groups excluding carboxylic acids is 1. The van der Waals surface area contributed by atoms with Crippen molar-refractivity contribution in [2.45, 2.75) is 25.8 Å². The average molecular weight is 464 g/mol. The molecule has 34 heavy (non-hydrogen) atoms. The van der Waals surface area contributed by atoms with Crippen molar-refractivity contribution >= 4 is 28.4 Å².